The average molecular weight is 400 g/mol. The fourth-order valence-corrected chi connectivity index (χ4v) is 3.79. The lowest BCUT2D eigenvalue weighted by molar-refractivity contribution is -0.113. The van der Waals surface area contributed by atoms with Crippen LogP contribution in [0.1, 0.15) is 5.56 Å². The van der Waals surface area contributed by atoms with Crippen molar-refractivity contribution in [2.75, 3.05) is 11.1 Å². The third-order valence-electron chi connectivity index (χ3n) is 4.53. The van der Waals surface area contributed by atoms with E-state index in [0.717, 1.165) is 10.8 Å². The lowest BCUT2D eigenvalue weighted by Crippen LogP contribution is -2.21. The lowest BCUT2D eigenvalue weighted by Gasteiger charge is -2.10. The van der Waals surface area contributed by atoms with Crippen molar-refractivity contribution in [3.05, 3.63) is 76.6 Å². The SMILES string of the molecule is Cn1c(SCC(=O)Nc2ccc(C#N)cc2)nc2cc3ccccc3cc2c1=O. The topological polar surface area (TPSA) is 87.8 Å². The largest absolute Gasteiger partial charge is 0.325 e. The molecule has 7 heteroatoms. The van der Waals surface area contributed by atoms with Crippen LogP contribution in [0.3, 0.4) is 0 Å². The van der Waals surface area contributed by atoms with Crippen LogP contribution in [-0.4, -0.2) is 21.2 Å². The minimum atomic E-state index is -0.215. The molecule has 0 saturated heterocycles. The Morgan fingerprint density at radius 2 is 1.83 bits per heavy atom. The van der Waals surface area contributed by atoms with Crippen molar-refractivity contribution in [1.29, 1.82) is 5.26 Å². The highest BCUT2D eigenvalue weighted by molar-refractivity contribution is 7.99. The van der Waals surface area contributed by atoms with Crippen molar-refractivity contribution < 1.29 is 4.79 Å². The van der Waals surface area contributed by atoms with Gasteiger partial charge in [-0.3, -0.25) is 14.2 Å². The van der Waals surface area contributed by atoms with Crippen LogP contribution in [0.15, 0.2) is 70.6 Å². The number of aromatic nitrogens is 2. The molecular weight excluding hydrogens is 384 g/mol. The zero-order valence-electron chi connectivity index (χ0n) is 15.5. The Morgan fingerprint density at radius 3 is 2.52 bits per heavy atom. The van der Waals surface area contributed by atoms with E-state index in [1.165, 1.54) is 16.3 Å². The van der Waals surface area contributed by atoms with Crippen molar-refractivity contribution >= 4 is 45.0 Å². The summed E-state index contributed by atoms with van der Waals surface area (Å²) >= 11 is 1.20. The summed E-state index contributed by atoms with van der Waals surface area (Å²) in [7, 11) is 1.66. The number of rotatable bonds is 4. The Labute approximate surface area is 170 Å². The highest BCUT2D eigenvalue weighted by atomic mass is 32.2. The monoisotopic (exact) mass is 400 g/mol. The van der Waals surface area contributed by atoms with E-state index >= 15 is 0 Å². The first kappa shape index (κ1) is 18.7. The summed E-state index contributed by atoms with van der Waals surface area (Å²) in [6.07, 6.45) is 0. The van der Waals surface area contributed by atoms with Gasteiger partial charge in [-0.25, -0.2) is 4.98 Å². The fraction of sp³-hybridized carbons (Fsp3) is 0.0909. The number of benzene rings is 3. The number of fused-ring (bicyclic) bond motifs is 2. The maximum atomic E-state index is 12.8. The van der Waals surface area contributed by atoms with Gasteiger partial charge in [-0.2, -0.15) is 5.26 Å². The van der Waals surface area contributed by atoms with Gasteiger partial charge in [0, 0.05) is 12.7 Å². The summed E-state index contributed by atoms with van der Waals surface area (Å²) in [6, 6.07) is 20.2. The van der Waals surface area contributed by atoms with Gasteiger partial charge in [-0.1, -0.05) is 36.0 Å². The minimum Gasteiger partial charge on any atom is -0.325 e. The van der Waals surface area contributed by atoms with Crippen LogP contribution in [0.2, 0.25) is 0 Å². The molecule has 0 fully saturated rings. The molecule has 0 aliphatic carbocycles. The second-order valence-corrected chi connectivity index (χ2v) is 7.44. The lowest BCUT2D eigenvalue weighted by atomic mass is 10.1. The first-order valence-corrected chi connectivity index (χ1v) is 9.86. The molecule has 1 heterocycles. The molecule has 6 nitrogen and oxygen atoms in total. The number of nitrogens with zero attached hydrogens (tertiary/aromatic N) is 3. The van der Waals surface area contributed by atoms with Gasteiger partial charge >= 0.3 is 0 Å². The van der Waals surface area contributed by atoms with E-state index < -0.39 is 0 Å². The third kappa shape index (κ3) is 3.84. The molecule has 0 bridgehead atoms. The first-order chi connectivity index (χ1) is 14.0. The second-order valence-electron chi connectivity index (χ2n) is 6.50. The van der Waals surface area contributed by atoms with Crippen LogP contribution in [0.4, 0.5) is 5.69 Å². The van der Waals surface area contributed by atoms with Crippen LogP contribution in [0, 0.1) is 11.3 Å². The molecule has 0 aliphatic rings. The molecule has 0 radical (unpaired) electrons. The van der Waals surface area contributed by atoms with Crippen LogP contribution in [-0.2, 0) is 11.8 Å². The number of thioether (sulfide) groups is 1. The van der Waals surface area contributed by atoms with Gasteiger partial charge in [0.15, 0.2) is 5.16 Å². The quantitative estimate of drug-likeness (QED) is 0.321. The van der Waals surface area contributed by atoms with Gasteiger partial charge in [-0.05, 0) is 47.2 Å². The number of amides is 1. The highest BCUT2D eigenvalue weighted by Crippen LogP contribution is 2.22. The molecule has 0 aliphatic heterocycles. The number of carbonyl (C=O) groups excluding carboxylic acids is 1. The number of nitriles is 1. The van der Waals surface area contributed by atoms with E-state index in [4.69, 9.17) is 5.26 Å². The minimum absolute atomic E-state index is 0.110. The van der Waals surface area contributed by atoms with Gasteiger partial charge in [0.1, 0.15) is 0 Å². The molecule has 0 spiro atoms. The summed E-state index contributed by atoms with van der Waals surface area (Å²) in [6.45, 7) is 0. The van der Waals surface area contributed by atoms with Gasteiger partial charge in [0.05, 0.1) is 28.3 Å². The number of hydrogen-bond donors (Lipinski definition) is 1. The Bertz CT molecular complexity index is 1340. The van der Waals surface area contributed by atoms with Crippen molar-refractivity contribution in [1.82, 2.24) is 9.55 Å². The van der Waals surface area contributed by atoms with Crippen LogP contribution in [0.25, 0.3) is 21.7 Å². The number of carbonyl (C=O) groups is 1. The number of hydrogen-bond acceptors (Lipinski definition) is 5. The number of anilines is 1. The summed E-state index contributed by atoms with van der Waals surface area (Å²) in [5, 5.41) is 14.6. The fourth-order valence-electron chi connectivity index (χ4n) is 3.02. The molecule has 0 saturated carbocycles. The van der Waals surface area contributed by atoms with Gasteiger partial charge in [0.25, 0.3) is 5.56 Å². The van der Waals surface area contributed by atoms with Gasteiger partial charge < -0.3 is 5.32 Å². The summed E-state index contributed by atoms with van der Waals surface area (Å²) in [4.78, 5) is 29.6. The zero-order valence-corrected chi connectivity index (χ0v) is 16.4. The molecule has 29 heavy (non-hydrogen) atoms. The maximum absolute atomic E-state index is 12.8. The van der Waals surface area contributed by atoms with Gasteiger partial charge in [-0.15, -0.1) is 0 Å². The summed E-state index contributed by atoms with van der Waals surface area (Å²) in [5.41, 5.74) is 1.61. The highest BCUT2D eigenvalue weighted by Gasteiger charge is 2.12. The van der Waals surface area contributed by atoms with Gasteiger partial charge in [0.2, 0.25) is 5.91 Å². The standard InChI is InChI=1S/C22H16N4O2S/c1-26-21(28)18-10-15-4-2-3-5-16(15)11-19(18)25-22(26)29-13-20(27)24-17-8-6-14(12-23)7-9-17/h2-11H,13H2,1H3,(H,24,27). The summed E-state index contributed by atoms with van der Waals surface area (Å²) in [5.74, 6) is -0.105. The van der Waals surface area contributed by atoms with Crippen LogP contribution >= 0.6 is 11.8 Å². The predicted molar refractivity (Wildman–Crippen MR) is 115 cm³/mol. The van der Waals surface area contributed by atoms with E-state index in [0.29, 0.717) is 27.3 Å². The third-order valence-corrected chi connectivity index (χ3v) is 5.56. The molecule has 1 amide bonds. The normalized spacial score (nSPS) is 10.8. The first-order valence-electron chi connectivity index (χ1n) is 8.87. The number of nitrogens with one attached hydrogen (secondary N) is 1. The van der Waals surface area contributed by atoms with E-state index in [1.54, 1.807) is 31.3 Å². The van der Waals surface area contributed by atoms with Crippen LogP contribution < -0.4 is 10.9 Å². The molecule has 1 N–H and O–H groups in total. The van der Waals surface area contributed by atoms with Crippen molar-refractivity contribution in [3.63, 3.8) is 0 Å². The zero-order chi connectivity index (χ0) is 20.4. The predicted octanol–water partition coefficient (Wildman–Crippen LogP) is 3.69. The Morgan fingerprint density at radius 1 is 1.14 bits per heavy atom. The maximum Gasteiger partial charge on any atom is 0.261 e. The molecule has 4 rings (SSSR count). The molecule has 1 aromatic heterocycles. The average Bonchev–Trinajstić information content (AvgIpc) is 2.75. The Hall–Kier alpha value is -3.63. The molecule has 0 atom stereocenters. The van der Waals surface area contributed by atoms with E-state index in [-0.39, 0.29) is 17.2 Å². The molecule has 4 aromatic rings. The second kappa shape index (κ2) is 7.78. The van der Waals surface area contributed by atoms with Crippen molar-refractivity contribution in [2.45, 2.75) is 5.16 Å². The van der Waals surface area contributed by atoms with E-state index in [2.05, 4.69) is 10.3 Å². The summed E-state index contributed by atoms with van der Waals surface area (Å²) < 4.78 is 1.47. The van der Waals surface area contributed by atoms with E-state index in [9.17, 15) is 9.59 Å². The van der Waals surface area contributed by atoms with Crippen molar-refractivity contribution in [2.24, 2.45) is 7.05 Å². The smallest absolute Gasteiger partial charge is 0.261 e. The molecular formula is C22H16N4O2S. The van der Waals surface area contributed by atoms with E-state index in [1.807, 2.05) is 42.5 Å². The Kier molecular flexibility index (Phi) is 5.02. The van der Waals surface area contributed by atoms with Crippen molar-refractivity contribution in [3.8, 4) is 6.07 Å². The Balaban J connectivity index is 1.56. The molecule has 0 unspecified atom stereocenters. The molecule has 3 aromatic carbocycles. The van der Waals surface area contributed by atoms with Crippen LogP contribution in [0.5, 0.6) is 0 Å². The molecule has 142 valence electrons.